The Morgan fingerprint density at radius 1 is 1.32 bits per heavy atom. The second kappa shape index (κ2) is 6.68. The Balaban J connectivity index is 1.81. The van der Waals surface area contributed by atoms with Gasteiger partial charge in [-0.25, -0.2) is 0 Å². The number of benzene rings is 1. The highest BCUT2D eigenvalue weighted by molar-refractivity contribution is 6.31. The Kier molecular flexibility index (Phi) is 5.19. The largest absolute Gasteiger partial charge is 0.388 e. The Labute approximate surface area is 118 Å². The first-order valence-corrected chi connectivity index (χ1v) is 6.92. The first-order chi connectivity index (χ1) is 9.11. The summed E-state index contributed by atoms with van der Waals surface area (Å²) in [6.07, 6.45) is 0.585. The van der Waals surface area contributed by atoms with Gasteiger partial charge in [0, 0.05) is 49.7 Å². The molecule has 0 bridgehead atoms. The van der Waals surface area contributed by atoms with E-state index < -0.39 is 11.7 Å². The third-order valence-electron chi connectivity index (χ3n) is 3.48. The second-order valence-corrected chi connectivity index (χ2v) is 5.41. The lowest BCUT2D eigenvalue weighted by Gasteiger charge is -2.32. The van der Waals surface area contributed by atoms with Crippen molar-refractivity contribution >= 4 is 11.6 Å². The summed E-state index contributed by atoms with van der Waals surface area (Å²) < 4.78 is 5.22. The number of hydrogen-bond acceptors (Lipinski definition) is 4. The van der Waals surface area contributed by atoms with Gasteiger partial charge in [-0.05, 0) is 6.07 Å². The number of hydrogen-bond donors (Lipinski definition) is 3. The predicted octanol–water partition coefficient (Wildman–Crippen LogP) is 1.50. The van der Waals surface area contributed by atoms with E-state index in [0.717, 1.165) is 0 Å². The van der Waals surface area contributed by atoms with Gasteiger partial charge in [-0.1, -0.05) is 29.8 Å². The van der Waals surface area contributed by atoms with Gasteiger partial charge in [-0.2, -0.15) is 0 Å². The fourth-order valence-electron chi connectivity index (χ4n) is 2.22. The van der Waals surface area contributed by atoms with Crippen LogP contribution in [0.1, 0.15) is 24.5 Å². The molecule has 1 aliphatic rings. The summed E-state index contributed by atoms with van der Waals surface area (Å²) in [5, 5.41) is 24.0. The molecule has 0 amide bonds. The maximum atomic E-state index is 10.3. The zero-order valence-corrected chi connectivity index (χ0v) is 11.6. The van der Waals surface area contributed by atoms with Gasteiger partial charge in [-0.15, -0.1) is 0 Å². The van der Waals surface area contributed by atoms with E-state index in [0.29, 0.717) is 49.7 Å². The van der Waals surface area contributed by atoms with E-state index >= 15 is 0 Å². The van der Waals surface area contributed by atoms with Gasteiger partial charge in [0.05, 0.1) is 11.7 Å². The normalized spacial score (nSPS) is 20.2. The average molecular weight is 286 g/mol. The summed E-state index contributed by atoms with van der Waals surface area (Å²) in [6, 6.07) is 7.23. The summed E-state index contributed by atoms with van der Waals surface area (Å²) in [5.74, 6) is 0. The van der Waals surface area contributed by atoms with E-state index in [9.17, 15) is 10.2 Å². The Hall–Kier alpha value is -0.650. The maximum absolute atomic E-state index is 10.3. The monoisotopic (exact) mass is 285 g/mol. The van der Waals surface area contributed by atoms with Crippen LogP contribution in [0.15, 0.2) is 24.3 Å². The first-order valence-electron chi connectivity index (χ1n) is 6.54. The molecule has 0 aromatic heterocycles. The number of aliphatic hydroxyl groups excluding tert-OH is 1. The van der Waals surface area contributed by atoms with Crippen LogP contribution in [0.3, 0.4) is 0 Å². The molecule has 2 rings (SSSR count). The Bertz CT molecular complexity index is 407. The van der Waals surface area contributed by atoms with Crippen LogP contribution in [0.2, 0.25) is 5.02 Å². The highest BCUT2D eigenvalue weighted by Crippen LogP contribution is 2.23. The molecular formula is C14H20ClNO3. The van der Waals surface area contributed by atoms with Crippen molar-refractivity contribution in [1.82, 2.24) is 5.32 Å². The van der Waals surface area contributed by atoms with Gasteiger partial charge < -0.3 is 20.3 Å². The van der Waals surface area contributed by atoms with Gasteiger partial charge in [0.1, 0.15) is 0 Å². The van der Waals surface area contributed by atoms with Crippen molar-refractivity contribution in [2.45, 2.75) is 24.5 Å². The lowest BCUT2D eigenvalue weighted by Crippen LogP contribution is -2.45. The Morgan fingerprint density at radius 2 is 2.00 bits per heavy atom. The molecule has 1 atom stereocenters. The lowest BCUT2D eigenvalue weighted by molar-refractivity contribution is -0.0623. The average Bonchev–Trinajstić information content (AvgIpc) is 2.39. The van der Waals surface area contributed by atoms with Crippen LogP contribution in [0, 0.1) is 0 Å². The third kappa shape index (κ3) is 4.16. The number of nitrogens with one attached hydrogen (secondary N) is 1. The van der Waals surface area contributed by atoms with Crippen LogP contribution in [-0.2, 0) is 4.74 Å². The van der Waals surface area contributed by atoms with Gasteiger partial charge >= 0.3 is 0 Å². The topological polar surface area (TPSA) is 61.7 Å². The molecule has 19 heavy (non-hydrogen) atoms. The number of aliphatic hydroxyl groups is 2. The molecule has 5 heteroatoms. The van der Waals surface area contributed by atoms with E-state index in [-0.39, 0.29) is 0 Å². The number of halogens is 1. The molecule has 4 nitrogen and oxygen atoms in total. The van der Waals surface area contributed by atoms with Gasteiger partial charge in [-0.3, -0.25) is 0 Å². The number of ether oxygens (including phenoxy) is 1. The molecule has 1 aromatic carbocycles. The van der Waals surface area contributed by atoms with Gasteiger partial charge in [0.25, 0.3) is 0 Å². The molecule has 0 aliphatic carbocycles. The van der Waals surface area contributed by atoms with E-state index in [1.165, 1.54) is 0 Å². The van der Waals surface area contributed by atoms with Gasteiger partial charge in [0.15, 0.2) is 0 Å². The van der Waals surface area contributed by atoms with Crippen molar-refractivity contribution in [3.8, 4) is 0 Å². The van der Waals surface area contributed by atoms with Crippen molar-refractivity contribution in [1.29, 1.82) is 0 Å². The fourth-order valence-corrected chi connectivity index (χ4v) is 2.49. The summed E-state index contributed by atoms with van der Waals surface area (Å²) in [7, 11) is 0. The molecule has 0 spiro atoms. The van der Waals surface area contributed by atoms with Crippen molar-refractivity contribution in [2.24, 2.45) is 0 Å². The zero-order chi connectivity index (χ0) is 13.7. The molecule has 1 unspecified atom stereocenters. The molecular weight excluding hydrogens is 266 g/mol. The summed E-state index contributed by atoms with van der Waals surface area (Å²) in [4.78, 5) is 0. The molecule has 0 saturated carbocycles. The lowest BCUT2D eigenvalue weighted by atomic mass is 9.94. The minimum absolute atomic E-state index is 0.368. The smallest absolute Gasteiger partial charge is 0.0928 e. The van der Waals surface area contributed by atoms with Crippen molar-refractivity contribution < 1.29 is 14.9 Å². The molecule has 1 aliphatic heterocycles. The molecule has 106 valence electrons. The molecule has 1 heterocycles. The quantitative estimate of drug-likeness (QED) is 0.767. The first kappa shape index (κ1) is 14.8. The molecule has 1 saturated heterocycles. The molecule has 3 N–H and O–H groups in total. The predicted molar refractivity (Wildman–Crippen MR) is 74.3 cm³/mol. The van der Waals surface area contributed by atoms with Crippen LogP contribution in [0.5, 0.6) is 0 Å². The number of rotatable bonds is 5. The Morgan fingerprint density at radius 3 is 2.68 bits per heavy atom. The van der Waals surface area contributed by atoms with Crippen molar-refractivity contribution in [3.63, 3.8) is 0 Å². The SMILES string of the molecule is OC(CNCC1(O)CCOCC1)c1ccccc1Cl. The zero-order valence-electron chi connectivity index (χ0n) is 10.8. The fraction of sp³-hybridized carbons (Fsp3) is 0.571. The van der Waals surface area contributed by atoms with Crippen molar-refractivity contribution in [3.05, 3.63) is 34.9 Å². The highest BCUT2D eigenvalue weighted by atomic mass is 35.5. The third-order valence-corrected chi connectivity index (χ3v) is 3.82. The highest BCUT2D eigenvalue weighted by Gasteiger charge is 2.29. The van der Waals surface area contributed by atoms with E-state index in [2.05, 4.69) is 5.32 Å². The molecule has 0 radical (unpaired) electrons. The standard InChI is InChI=1S/C14H20ClNO3/c15-12-4-2-1-3-11(12)13(17)9-16-10-14(18)5-7-19-8-6-14/h1-4,13,16-18H,5-10H2. The second-order valence-electron chi connectivity index (χ2n) is 5.00. The van der Waals surface area contributed by atoms with E-state index in [1.54, 1.807) is 12.1 Å². The molecule has 1 aromatic rings. The minimum Gasteiger partial charge on any atom is -0.388 e. The van der Waals surface area contributed by atoms with Crippen LogP contribution in [0.25, 0.3) is 0 Å². The van der Waals surface area contributed by atoms with Crippen molar-refractivity contribution in [2.75, 3.05) is 26.3 Å². The van der Waals surface area contributed by atoms with Crippen LogP contribution in [-0.4, -0.2) is 42.1 Å². The van der Waals surface area contributed by atoms with Gasteiger partial charge in [0.2, 0.25) is 0 Å². The molecule has 1 fully saturated rings. The van der Waals surface area contributed by atoms with Crippen LogP contribution < -0.4 is 5.32 Å². The minimum atomic E-state index is -0.724. The van der Waals surface area contributed by atoms with Crippen LogP contribution in [0.4, 0.5) is 0 Å². The summed E-state index contributed by atoms with van der Waals surface area (Å²) in [5.41, 5.74) is -0.0195. The summed E-state index contributed by atoms with van der Waals surface area (Å²) in [6.45, 7) is 2.00. The van der Waals surface area contributed by atoms with Crippen LogP contribution >= 0.6 is 11.6 Å². The summed E-state index contributed by atoms with van der Waals surface area (Å²) >= 11 is 6.02. The van der Waals surface area contributed by atoms with E-state index in [1.807, 2.05) is 12.1 Å². The maximum Gasteiger partial charge on any atom is 0.0928 e. The van der Waals surface area contributed by atoms with E-state index in [4.69, 9.17) is 16.3 Å².